The summed E-state index contributed by atoms with van der Waals surface area (Å²) in [4.78, 5) is 13.7. The number of para-hydroxylation sites is 4. The van der Waals surface area contributed by atoms with Gasteiger partial charge in [0.15, 0.2) is 11.6 Å². The van der Waals surface area contributed by atoms with E-state index in [-0.39, 0.29) is 43.8 Å². The van der Waals surface area contributed by atoms with E-state index in [9.17, 15) is 8.22 Å². The van der Waals surface area contributed by atoms with E-state index in [1.165, 1.54) is 4.57 Å². The minimum absolute atomic E-state index is 0.160. The molecule has 6 nitrogen and oxygen atoms in total. The molecule has 0 saturated carbocycles. The van der Waals surface area contributed by atoms with E-state index in [0.29, 0.717) is 5.52 Å². The Bertz CT molecular complexity index is 4560. The lowest BCUT2D eigenvalue weighted by Crippen LogP contribution is -2.07. The Kier molecular flexibility index (Phi) is 3.85. The highest BCUT2D eigenvalue weighted by Crippen LogP contribution is 2.42. The van der Waals surface area contributed by atoms with Gasteiger partial charge in [0, 0.05) is 54.8 Å². The number of hydrogen-bond donors (Lipinski definition) is 0. The second kappa shape index (κ2) is 12.3. The van der Waals surface area contributed by atoms with Crippen LogP contribution in [-0.4, -0.2) is 28.7 Å². The molecule has 12 rings (SSSR count). The quantitative estimate of drug-likeness (QED) is 0.176. The maximum atomic E-state index is 9.80. The molecule has 0 amide bonds. The maximum Gasteiger partial charge on any atom is 0.238 e. The number of nitrogens with zero attached hydrogens (tertiary/aromatic N) is 6. The topological polar surface area (TPSA) is 53.5 Å². The van der Waals surface area contributed by atoms with Gasteiger partial charge in [0.1, 0.15) is 0 Å². The monoisotopic (exact) mass is 748 g/mol. The molecule has 0 aliphatic carbocycles. The highest BCUT2D eigenvalue weighted by atomic mass is 15.2. The summed E-state index contributed by atoms with van der Waals surface area (Å²) in [7, 11) is 0. The Morgan fingerprint density at radius 2 is 0.895 bits per heavy atom. The maximum absolute atomic E-state index is 9.80. The van der Waals surface area contributed by atoms with Crippen LogP contribution in [0.1, 0.15) is 27.4 Å². The van der Waals surface area contributed by atoms with Crippen LogP contribution >= 0.6 is 0 Å². The van der Waals surface area contributed by atoms with Crippen LogP contribution in [-0.2, 0) is 0 Å². The molecule has 0 atom stereocenters. The van der Waals surface area contributed by atoms with E-state index < -0.39 is 155 Å². The molecular weight excluding hydrogens is 697 g/mol. The standard InChI is InChI=1S/C51H32N6/c1-4-16-33(17-5-1)49-52-50(34-18-6-2-7-19-34)54-51(53-49)57-45-27-15-12-24-39(45)42-31-30-41-38-23-11-14-26-44(38)56(47(41)48(42)57)36-28-29-40-37-22-10-13-25-43(37)55(46(40)32-36)35-20-8-3-9-21-35/h1-32H/i1D,2D,4D,5D,6D,7D,11D,12D,14D,15D,16D,17D,18D,19D,23D,24D,26D,27D,30D,31D. The average Bonchev–Trinajstić information content (AvgIpc) is 4.30. The number of fused-ring (bicyclic) bond motifs is 10. The fourth-order valence-corrected chi connectivity index (χ4v) is 7.63. The van der Waals surface area contributed by atoms with Crippen LogP contribution in [0.4, 0.5) is 0 Å². The van der Waals surface area contributed by atoms with Crippen LogP contribution in [0.2, 0.25) is 0 Å². The zero-order valence-electron chi connectivity index (χ0n) is 49.1. The first kappa shape index (κ1) is 17.8. The zero-order valence-corrected chi connectivity index (χ0v) is 29.1. The van der Waals surface area contributed by atoms with Gasteiger partial charge in [-0.1, -0.05) is 151 Å². The summed E-state index contributed by atoms with van der Waals surface area (Å²) in [5.41, 5.74) is 0.0583. The van der Waals surface area contributed by atoms with Crippen molar-refractivity contribution in [3.8, 4) is 40.1 Å². The summed E-state index contributed by atoms with van der Waals surface area (Å²) in [6.45, 7) is 0. The fourth-order valence-electron chi connectivity index (χ4n) is 7.63. The summed E-state index contributed by atoms with van der Waals surface area (Å²) >= 11 is 0. The molecule has 0 spiro atoms. The molecule has 8 aromatic carbocycles. The van der Waals surface area contributed by atoms with Crippen molar-refractivity contribution in [1.82, 2.24) is 28.7 Å². The zero-order chi connectivity index (χ0) is 54.9. The van der Waals surface area contributed by atoms with Crippen molar-refractivity contribution in [3.05, 3.63) is 194 Å². The molecule has 12 aromatic rings. The lowest BCUT2D eigenvalue weighted by molar-refractivity contribution is 0.953. The molecule has 0 fully saturated rings. The van der Waals surface area contributed by atoms with Gasteiger partial charge in [0.05, 0.1) is 60.5 Å². The summed E-state index contributed by atoms with van der Waals surface area (Å²) in [5, 5.41) is 0.493. The molecule has 0 aliphatic heterocycles. The largest absolute Gasteiger partial charge is 0.309 e. The third kappa shape index (κ3) is 4.74. The number of benzene rings is 8. The number of aromatic nitrogens is 6. The normalized spacial score (nSPS) is 16.8. The first-order valence-corrected chi connectivity index (χ1v) is 17.6. The van der Waals surface area contributed by atoms with Crippen LogP contribution in [0.5, 0.6) is 0 Å². The Balaban J connectivity index is 1.37. The van der Waals surface area contributed by atoms with Gasteiger partial charge >= 0.3 is 0 Å². The SMILES string of the molecule is [2H]c1c([2H])c([2H])c(-c2nc(-c3c([2H])c([2H])c([2H])c([2H])c3[2H])nc(-n3c4c([2H])c([2H])c([2H])c([2H])c4c4c([2H])c([2H])c5c6c([2H])c([2H])c([2H])c([2H])c6n(-c6ccc7c8ccccc8n(-c8ccccc8)c7c6)c5c43)n2)c([2H])c1[2H]. The van der Waals surface area contributed by atoms with Gasteiger partial charge < -0.3 is 9.13 Å². The minimum Gasteiger partial charge on any atom is -0.309 e. The molecule has 4 aromatic heterocycles. The number of rotatable bonds is 5. The minimum atomic E-state index is -0.828. The second-order valence-electron chi connectivity index (χ2n) is 13.0. The van der Waals surface area contributed by atoms with Gasteiger partial charge in [-0.2, -0.15) is 9.97 Å². The van der Waals surface area contributed by atoms with Crippen molar-refractivity contribution < 1.29 is 27.4 Å². The molecule has 0 radical (unpaired) electrons. The van der Waals surface area contributed by atoms with Crippen molar-refractivity contribution in [2.45, 2.75) is 0 Å². The highest BCUT2D eigenvalue weighted by Gasteiger charge is 2.24. The van der Waals surface area contributed by atoms with Gasteiger partial charge in [-0.25, -0.2) is 4.98 Å². The summed E-state index contributed by atoms with van der Waals surface area (Å²) < 4.78 is 185. The molecule has 0 N–H and O–H groups in total. The van der Waals surface area contributed by atoms with Crippen LogP contribution in [0, 0.1) is 0 Å². The molecule has 0 aliphatic rings. The fraction of sp³-hybridized carbons (Fsp3) is 0. The first-order chi connectivity index (χ1) is 36.6. The highest BCUT2D eigenvalue weighted by molar-refractivity contribution is 6.24. The van der Waals surface area contributed by atoms with Crippen LogP contribution in [0.15, 0.2) is 194 Å². The third-order valence-corrected chi connectivity index (χ3v) is 9.94. The Hall–Kier alpha value is -7.83. The second-order valence-corrected chi connectivity index (χ2v) is 13.0. The molecule has 0 unspecified atom stereocenters. The van der Waals surface area contributed by atoms with E-state index in [1.807, 2.05) is 65.2 Å². The van der Waals surface area contributed by atoms with Gasteiger partial charge in [-0.05, 0) is 42.4 Å². The molecule has 57 heavy (non-hydrogen) atoms. The van der Waals surface area contributed by atoms with Crippen molar-refractivity contribution in [2.75, 3.05) is 0 Å². The van der Waals surface area contributed by atoms with Crippen molar-refractivity contribution in [3.63, 3.8) is 0 Å². The summed E-state index contributed by atoms with van der Waals surface area (Å²) in [6, 6.07) is 7.33. The predicted octanol–water partition coefficient (Wildman–Crippen LogP) is 12.5. The van der Waals surface area contributed by atoms with E-state index in [0.717, 1.165) is 26.5 Å². The Morgan fingerprint density at radius 1 is 0.351 bits per heavy atom. The summed E-state index contributed by atoms with van der Waals surface area (Å²) in [5.74, 6) is -2.14. The molecule has 6 heteroatoms. The average molecular weight is 749 g/mol. The Labute approximate surface area is 355 Å². The predicted molar refractivity (Wildman–Crippen MR) is 234 cm³/mol. The Morgan fingerprint density at radius 3 is 1.56 bits per heavy atom. The van der Waals surface area contributed by atoms with E-state index in [4.69, 9.17) is 19.2 Å². The smallest absolute Gasteiger partial charge is 0.238 e. The van der Waals surface area contributed by atoms with E-state index in [2.05, 4.69) is 15.0 Å². The summed E-state index contributed by atoms with van der Waals surface area (Å²) in [6.07, 6.45) is 0. The van der Waals surface area contributed by atoms with E-state index >= 15 is 0 Å². The van der Waals surface area contributed by atoms with Gasteiger partial charge in [-0.15, -0.1) is 0 Å². The van der Waals surface area contributed by atoms with Gasteiger partial charge in [0.2, 0.25) is 5.95 Å². The lowest BCUT2D eigenvalue weighted by atomic mass is 10.1. The van der Waals surface area contributed by atoms with Crippen molar-refractivity contribution in [2.24, 2.45) is 0 Å². The van der Waals surface area contributed by atoms with Gasteiger partial charge in [-0.3, -0.25) is 4.57 Å². The van der Waals surface area contributed by atoms with E-state index in [1.54, 1.807) is 12.1 Å². The number of hydrogen-bond acceptors (Lipinski definition) is 3. The lowest BCUT2D eigenvalue weighted by Gasteiger charge is -2.14. The molecule has 4 heterocycles. The van der Waals surface area contributed by atoms with Crippen molar-refractivity contribution >= 4 is 65.4 Å². The van der Waals surface area contributed by atoms with Crippen LogP contribution in [0.25, 0.3) is 106 Å². The van der Waals surface area contributed by atoms with Crippen LogP contribution < -0.4 is 0 Å². The molecule has 0 saturated heterocycles. The van der Waals surface area contributed by atoms with Crippen molar-refractivity contribution in [1.29, 1.82) is 0 Å². The first-order valence-electron chi connectivity index (χ1n) is 27.6. The van der Waals surface area contributed by atoms with Crippen LogP contribution in [0.3, 0.4) is 0 Å². The molecule has 0 bridgehead atoms. The molecule has 266 valence electrons. The third-order valence-electron chi connectivity index (χ3n) is 9.94. The molecular formula is C51H32N6. The van der Waals surface area contributed by atoms with Gasteiger partial charge in [0.25, 0.3) is 0 Å².